The van der Waals surface area contributed by atoms with Gasteiger partial charge in [-0.25, -0.2) is 4.79 Å². The molecule has 4 aliphatic carbocycles. The molecule has 0 saturated heterocycles. The number of hydrogen-bond donors (Lipinski definition) is 2. The van der Waals surface area contributed by atoms with E-state index in [0.717, 1.165) is 48.2 Å². The summed E-state index contributed by atoms with van der Waals surface area (Å²) in [6, 6.07) is -0.208. The van der Waals surface area contributed by atoms with Crippen LogP contribution in [0.25, 0.3) is 0 Å². The Morgan fingerprint density at radius 3 is 2.23 bits per heavy atom. The predicted octanol–water partition coefficient (Wildman–Crippen LogP) is 8.01. The number of fused-ring (bicyclic) bond motifs is 5. The Hall–Kier alpha value is -1.00. The van der Waals surface area contributed by atoms with Crippen molar-refractivity contribution in [1.29, 1.82) is 0 Å². The predicted molar refractivity (Wildman–Crippen MR) is 200 cm³/mol. The van der Waals surface area contributed by atoms with E-state index in [4.69, 9.17) is 0 Å². The number of ketones is 1. The summed E-state index contributed by atoms with van der Waals surface area (Å²) in [5.41, 5.74) is 0.600. The Kier molecular flexibility index (Phi) is 13.0. The summed E-state index contributed by atoms with van der Waals surface area (Å²) >= 11 is 0. The van der Waals surface area contributed by atoms with Crippen molar-refractivity contribution < 1.29 is 29.1 Å². The first-order valence-electron chi connectivity index (χ1n) is 18.5. The van der Waals surface area contributed by atoms with Gasteiger partial charge in [-0.1, -0.05) is 72.5 Å². The number of carboxylic acid groups (broad SMARTS) is 2. The molecule has 4 aliphatic rings. The Bertz CT molecular complexity index is 1180. The Morgan fingerprint density at radius 2 is 1.68 bits per heavy atom. The molecule has 3 saturated carbocycles. The van der Waals surface area contributed by atoms with Gasteiger partial charge in [0, 0.05) is 18.0 Å². The lowest BCUT2D eigenvalue weighted by molar-refractivity contribution is -0.869. The van der Waals surface area contributed by atoms with Crippen molar-refractivity contribution in [2.75, 3.05) is 41.3 Å². The monoisotopic (exact) mass is 771 g/mol. The molecule has 4 rings (SSSR count). The zero-order valence-corrected chi connectivity index (χ0v) is 33.6. The van der Waals surface area contributed by atoms with Gasteiger partial charge >= 0.3 is 11.9 Å². The summed E-state index contributed by atoms with van der Waals surface area (Å²) in [5, 5.41) is 20.3. The molecule has 0 heterocycles. The van der Waals surface area contributed by atoms with E-state index >= 15 is 0 Å². The molecule has 270 valence electrons. The summed E-state index contributed by atoms with van der Waals surface area (Å²) in [5.74, 6) is -1.50. The number of nitrogens with zero attached hydrogens (tertiary/aromatic N) is 2. The fourth-order valence-corrected chi connectivity index (χ4v) is 11.6. The summed E-state index contributed by atoms with van der Waals surface area (Å²) in [6.45, 7) is 15.8. The fraction of sp³-hybridized carbons (Fsp3) is 0.872. The molecule has 0 radical (unpaired) electrons. The molecule has 47 heavy (non-hydrogen) atoms. The van der Waals surface area contributed by atoms with Gasteiger partial charge in [-0.2, -0.15) is 0 Å². The van der Waals surface area contributed by atoms with E-state index in [1.165, 1.54) is 50.5 Å². The van der Waals surface area contributed by atoms with E-state index in [2.05, 4.69) is 73.8 Å². The van der Waals surface area contributed by atoms with Crippen LogP contribution in [0.3, 0.4) is 0 Å². The standard InChI is InChI=1S/C39H66N2O5.HI/c1-11-39(33(35(43)44)34(42)36(45)46)23-27-15-16-28-30-18-17-29(26(4)14-12-13-25(2)3)37(30,5)20-19-31(28)38(27,6)24-32(39)40(7)21-22-41(8,9)10;/h15,25-26,28-33H,11-14,16-24H2,1-10H3,(H-,43,44,45,46);1H/p+1/t26-,28?,29-,30?,31?,32?,33+,37-,38+,39?;/m1./s1. The molecule has 0 aromatic carbocycles. The number of hydrogen-bond acceptors (Lipinski definition) is 4. The first kappa shape index (κ1) is 40.4. The topological polar surface area (TPSA) is 94.9 Å². The van der Waals surface area contributed by atoms with Crippen molar-refractivity contribution in [1.82, 2.24) is 4.90 Å². The number of carbonyl (C=O) groups excluding carboxylic acids is 1. The smallest absolute Gasteiger partial charge is 0.373 e. The van der Waals surface area contributed by atoms with Crippen LogP contribution < -0.4 is 0 Å². The van der Waals surface area contributed by atoms with Gasteiger partial charge in [0.2, 0.25) is 0 Å². The lowest BCUT2D eigenvalue weighted by Crippen LogP contribution is -2.63. The van der Waals surface area contributed by atoms with Crippen LogP contribution in [0.2, 0.25) is 0 Å². The number of carboxylic acids is 2. The maximum Gasteiger partial charge on any atom is 0.373 e. The highest BCUT2D eigenvalue weighted by atomic mass is 127. The molecule has 0 aromatic heterocycles. The number of rotatable bonds is 14. The normalized spacial score (nSPS) is 36.4. The van der Waals surface area contributed by atoms with Gasteiger partial charge in [0.15, 0.2) is 0 Å². The van der Waals surface area contributed by atoms with Crippen LogP contribution in [0.15, 0.2) is 11.6 Å². The van der Waals surface area contributed by atoms with Gasteiger partial charge in [0.25, 0.3) is 5.78 Å². The maximum atomic E-state index is 13.2. The molecule has 5 unspecified atom stereocenters. The Balaban J connectivity index is 0.00000600. The van der Waals surface area contributed by atoms with E-state index in [9.17, 15) is 24.6 Å². The van der Waals surface area contributed by atoms with Crippen molar-refractivity contribution in [2.45, 2.75) is 118 Å². The largest absolute Gasteiger partial charge is 0.481 e. The molecule has 10 atom stereocenters. The van der Waals surface area contributed by atoms with Crippen LogP contribution in [-0.2, 0) is 14.4 Å². The van der Waals surface area contributed by atoms with Crippen molar-refractivity contribution in [3.05, 3.63) is 11.6 Å². The SMILES string of the molecule is CCC1([C@H](C(=O)O)C(=O)C(=O)O)CC2=CCC3C(CC[C@@]4(C)C3CC[C@@H]4[C@H](C)CCCC(C)C)[C@@]2(C)CC1N(C)CC[N+](C)(C)C.I. The molecule has 0 amide bonds. The molecule has 0 aromatic rings. The van der Waals surface area contributed by atoms with Gasteiger partial charge in [-0.15, -0.1) is 24.0 Å². The van der Waals surface area contributed by atoms with Gasteiger partial charge in [0.05, 0.1) is 27.7 Å². The molecular formula is C39H68IN2O5+. The number of quaternary nitrogens is 1. The minimum atomic E-state index is -1.64. The number of halogens is 1. The summed E-state index contributed by atoms with van der Waals surface area (Å²) in [6.07, 6.45) is 14.3. The van der Waals surface area contributed by atoms with Crippen molar-refractivity contribution in [2.24, 2.45) is 57.7 Å². The average molecular weight is 772 g/mol. The van der Waals surface area contributed by atoms with Gasteiger partial charge in [-0.3, -0.25) is 14.5 Å². The third-order valence-corrected chi connectivity index (χ3v) is 14.2. The van der Waals surface area contributed by atoms with Gasteiger partial charge < -0.3 is 14.7 Å². The Morgan fingerprint density at radius 1 is 1.02 bits per heavy atom. The summed E-state index contributed by atoms with van der Waals surface area (Å²) in [4.78, 5) is 40.5. The van der Waals surface area contributed by atoms with E-state index in [0.29, 0.717) is 36.0 Å². The number of likely N-dealkylation sites (N-methyl/N-ethyl adjacent to an activating group) is 2. The van der Waals surface area contributed by atoms with Crippen LogP contribution in [0, 0.1) is 57.7 Å². The van der Waals surface area contributed by atoms with Crippen LogP contribution >= 0.6 is 24.0 Å². The highest BCUT2D eigenvalue weighted by Crippen LogP contribution is 2.69. The maximum absolute atomic E-state index is 13.2. The highest BCUT2D eigenvalue weighted by molar-refractivity contribution is 14.0. The molecule has 0 bridgehead atoms. The minimum absolute atomic E-state index is 0. The third kappa shape index (κ3) is 7.69. The highest BCUT2D eigenvalue weighted by Gasteiger charge is 2.64. The van der Waals surface area contributed by atoms with Gasteiger partial charge in [-0.05, 0) is 105 Å². The quantitative estimate of drug-likeness (QED) is 0.0612. The first-order chi connectivity index (χ1) is 21.3. The fourth-order valence-electron chi connectivity index (χ4n) is 11.6. The van der Waals surface area contributed by atoms with Gasteiger partial charge in [0.1, 0.15) is 5.92 Å². The molecular weight excluding hydrogens is 703 g/mol. The minimum Gasteiger partial charge on any atom is -0.481 e. The van der Waals surface area contributed by atoms with Crippen LogP contribution in [0.1, 0.15) is 112 Å². The zero-order chi connectivity index (χ0) is 34.4. The van der Waals surface area contributed by atoms with Crippen molar-refractivity contribution in [3.8, 4) is 0 Å². The van der Waals surface area contributed by atoms with E-state index in [1.54, 1.807) is 0 Å². The van der Waals surface area contributed by atoms with Crippen LogP contribution in [0.4, 0.5) is 0 Å². The number of Topliss-reactive ketones (excluding diaryl/α,β-unsaturated/α-hetero) is 1. The van der Waals surface area contributed by atoms with E-state index < -0.39 is 29.1 Å². The van der Waals surface area contributed by atoms with E-state index in [-0.39, 0.29) is 35.4 Å². The molecule has 2 N–H and O–H groups in total. The molecule has 0 spiro atoms. The lowest BCUT2D eigenvalue weighted by Gasteiger charge is -2.63. The molecule has 3 fully saturated rings. The molecule has 0 aliphatic heterocycles. The molecule has 7 nitrogen and oxygen atoms in total. The van der Waals surface area contributed by atoms with Crippen LogP contribution in [0.5, 0.6) is 0 Å². The van der Waals surface area contributed by atoms with E-state index in [1.807, 2.05) is 6.92 Å². The Labute approximate surface area is 303 Å². The lowest BCUT2D eigenvalue weighted by atomic mass is 9.43. The first-order valence-corrected chi connectivity index (χ1v) is 18.5. The number of carbonyl (C=O) groups is 3. The second-order valence-corrected chi connectivity index (χ2v) is 18.2. The zero-order valence-electron chi connectivity index (χ0n) is 31.3. The number of allylic oxidation sites excluding steroid dienone is 2. The third-order valence-electron chi connectivity index (χ3n) is 14.2. The van der Waals surface area contributed by atoms with Crippen molar-refractivity contribution in [3.63, 3.8) is 0 Å². The van der Waals surface area contributed by atoms with Crippen LogP contribution in [-0.4, -0.2) is 84.6 Å². The number of aliphatic carboxylic acids is 2. The average Bonchev–Trinajstić information content (AvgIpc) is 3.32. The summed E-state index contributed by atoms with van der Waals surface area (Å²) in [7, 11) is 8.54. The molecule has 8 heteroatoms. The second kappa shape index (κ2) is 15.1. The summed E-state index contributed by atoms with van der Waals surface area (Å²) < 4.78 is 0.775. The van der Waals surface area contributed by atoms with Crippen molar-refractivity contribution >= 4 is 41.7 Å². The second-order valence-electron chi connectivity index (χ2n) is 18.2.